The Morgan fingerprint density at radius 1 is 1.29 bits per heavy atom. The Kier molecular flexibility index (Phi) is 4.30. The summed E-state index contributed by atoms with van der Waals surface area (Å²) >= 11 is 0.0697. The SMILES string of the molecule is Cn1c(CN2CCCCC2)nc2sc([S+](C)[O-])nc2c1=O. The van der Waals surface area contributed by atoms with Crippen molar-refractivity contribution in [2.75, 3.05) is 19.3 Å². The fourth-order valence-corrected chi connectivity index (χ4v) is 4.17. The average molecular weight is 326 g/mol. The van der Waals surface area contributed by atoms with E-state index in [-0.39, 0.29) is 5.56 Å². The Bertz CT molecular complexity index is 704. The Labute approximate surface area is 130 Å². The normalized spacial score (nSPS) is 18.2. The van der Waals surface area contributed by atoms with E-state index in [4.69, 9.17) is 0 Å². The van der Waals surface area contributed by atoms with Crippen molar-refractivity contribution >= 4 is 32.9 Å². The first-order chi connectivity index (χ1) is 10.1. The number of likely N-dealkylation sites (tertiary alicyclic amines) is 1. The zero-order chi connectivity index (χ0) is 15.0. The predicted octanol–water partition coefficient (Wildman–Crippen LogP) is 1.11. The van der Waals surface area contributed by atoms with E-state index in [1.807, 2.05) is 0 Å². The van der Waals surface area contributed by atoms with Crippen molar-refractivity contribution in [1.82, 2.24) is 19.4 Å². The molecule has 1 unspecified atom stereocenters. The van der Waals surface area contributed by atoms with E-state index >= 15 is 0 Å². The topological polar surface area (TPSA) is 74.1 Å². The zero-order valence-electron chi connectivity index (χ0n) is 12.2. The molecule has 1 aliphatic heterocycles. The minimum atomic E-state index is -1.18. The van der Waals surface area contributed by atoms with Gasteiger partial charge in [0.1, 0.15) is 12.1 Å². The minimum Gasteiger partial charge on any atom is -0.610 e. The Balaban J connectivity index is 1.98. The first kappa shape index (κ1) is 15.0. The molecule has 21 heavy (non-hydrogen) atoms. The molecule has 114 valence electrons. The van der Waals surface area contributed by atoms with Crippen LogP contribution in [0.5, 0.6) is 0 Å². The van der Waals surface area contributed by atoms with Crippen molar-refractivity contribution in [1.29, 1.82) is 0 Å². The molecule has 8 heteroatoms. The lowest BCUT2D eigenvalue weighted by molar-refractivity contribution is 0.213. The van der Waals surface area contributed by atoms with Crippen LogP contribution in [0.3, 0.4) is 0 Å². The van der Waals surface area contributed by atoms with Crippen molar-refractivity contribution in [3.8, 4) is 0 Å². The molecule has 0 radical (unpaired) electrons. The highest BCUT2D eigenvalue weighted by atomic mass is 32.2. The lowest BCUT2D eigenvalue weighted by atomic mass is 10.1. The third-order valence-corrected chi connectivity index (χ3v) is 6.06. The molecular formula is C13H18N4O2S2. The van der Waals surface area contributed by atoms with Crippen LogP contribution in [0, 0.1) is 0 Å². The molecule has 3 rings (SSSR count). The van der Waals surface area contributed by atoms with Gasteiger partial charge in [0.05, 0.1) is 6.54 Å². The number of nitrogens with zero attached hydrogens (tertiary/aromatic N) is 4. The van der Waals surface area contributed by atoms with Crippen LogP contribution in [0.2, 0.25) is 0 Å². The molecular weight excluding hydrogens is 308 g/mol. The van der Waals surface area contributed by atoms with Crippen LogP contribution >= 0.6 is 11.3 Å². The number of fused-ring (bicyclic) bond motifs is 1. The molecule has 1 saturated heterocycles. The molecule has 0 spiro atoms. The Morgan fingerprint density at radius 2 is 2.00 bits per heavy atom. The summed E-state index contributed by atoms with van der Waals surface area (Å²) in [5.41, 5.74) is 0.176. The molecule has 0 aliphatic carbocycles. The quantitative estimate of drug-likeness (QED) is 0.790. The van der Waals surface area contributed by atoms with E-state index in [0.717, 1.165) is 18.9 Å². The van der Waals surface area contributed by atoms with Gasteiger partial charge in [-0.25, -0.2) is 4.98 Å². The third-order valence-electron chi connectivity index (χ3n) is 3.77. The van der Waals surface area contributed by atoms with Gasteiger partial charge in [-0.1, -0.05) is 6.42 Å². The molecule has 6 nitrogen and oxygen atoms in total. The van der Waals surface area contributed by atoms with Crippen LogP contribution in [0.1, 0.15) is 25.1 Å². The number of piperidine rings is 1. The van der Waals surface area contributed by atoms with Gasteiger partial charge in [0.25, 0.3) is 5.56 Å². The van der Waals surface area contributed by atoms with Crippen molar-refractivity contribution in [2.24, 2.45) is 7.05 Å². The van der Waals surface area contributed by atoms with Crippen molar-refractivity contribution in [3.63, 3.8) is 0 Å². The van der Waals surface area contributed by atoms with E-state index in [9.17, 15) is 9.35 Å². The molecule has 0 N–H and O–H groups in total. The first-order valence-corrected chi connectivity index (χ1v) is 9.36. The standard InChI is InChI=1S/C13H18N4O2S2/c1-16-9(8-17-6-4-3-5-7-17)14-11-10(12(16)18)15-13(20-11)21(2)19/h3-8H2,1-2H3. The summed E-state index contributed by atoms with van der Waals surface area (Å²) in [5, 5.41) is 0. The summed E-state index contributed by atoms with van der Waals surface area (Å²) in [6.45, 7) is 2.80. The summed E-state index contributed by atoms with van der Waals surface area (Å²) in [6.07, 6.45) is 5.25. The molecule has 0 amide bonds. The summed E-state index contributed by atoms with van der Waals surface area (Å²) in [6, 6.07) is 0. The number of rotatable bonds is 3. The van der Waals surface area contributed by atoms with E-state index in [1.165, 1.54) is 30.6 Å². The third kappa shape index (κ3) is 2.98. The van der Waals surface area contributed by atoms with E-state index in [1.54, 1.807) is 17.9 Å². The number of hydrogen-bond donors (Lipinski definition) is 0. The number of aromatic nitrogens is 3. The van der Waals surface area contributed by atoms with E-state index in [2.05, 4.69) is 14.9 Å². The Morgan fingerprint density at radius 3 is 2.67 bits per heavy atom. The smallest absolute Gasteiger partial charge is 0.304 e. The van der Waals surface area contributed by atoms with Gasteiger partial charge in [-0.15, -0.1) is 0 Å². The zero-order valence-corrected chi connectivity index (χ0v) is 13.8. The molecule has 0 bridgehead atoms. The molecule has 2 aromatic heterocycles. The Hall–Kier alpha value is -0.960. The monoisotopic (exact) mass is 326 g/mol. The maximum atomic E-state index is 12.4. The van der Waals surface area contributed by atoms with Crippen molar-refractivity contribution < 1.29 is 4.55 Å². The summed E-state index contributed by atoms with van der Waals surface area (Å²) < 4.78 is 13.6. The molecule has 0 aromatic carbocycles. The predicted molar refractivity (Wildman–Crippen MR) is 84.1 cm³/mol. The second kappa shape index (κ2) is 6.04. The summed E-state index contributed by atoms with van der Waals surface area (Å²) in [4.78, 5) is 24.0. The fourth-order valence-electron chi connectivity index (χ4n) is 2.56. The minimum absolute atomic E-state index is 0.153. The second-order valence-corrected chi connectivity index (χ2v) is 7.85. The molecule has 3 heterocycles. The van der Waals surface area contributed by atoms with Gasteiger partial charge in [-0.2, -0.15) is 4.98 Å². The van der Waals surface area contributed by atoms with Gasteiger partial charge in [0.2, 0.25) is 0 Å². The molecule has 1 aliphatic rings. The van der Waals surface area contributed by atoms with Crippen LogP contribution in [-0.4, -0.2) is 43.3 Å². The molecule has 1 fully saturated rings. The average Bonchev–Trinajstić information content (AvgIpc) is 2.90. The first-order valence-electron chi connectivity index (χ1n) is 6.98. The van der Waals surface area contributed by atoms with Crippen LogP contribution < -0.4 is 5.56 Å². The van der Waals surface area contributed by atoms with Crippen LogP contribution in [0.4, 0.5) is 0 Å². The van der Waals surface area contributed by atoms with Gasteiger partial charge in [-0.3, -0.25) is 14.3 Å². The maximum Gasteiger partial charge on any atom is 0.304 e. The van der Waals surface area contributed by atoms with Crippen LogP contribution in [-0.2, 0) is 24.8 Å². The molecule has 0 saturated carbocycles. The van der Waals surface area contributed by atoms with Crippen LogP contribution in [0.15, 0.2) is 9.13 Å². The van der Waals surface area contributed by atoms with Crippen LogP contribution in [0.25, 0.3) is 10.3 Å². The van der Waals surface area contributed by atoms with Crippen molar-refractivity contribution in [3.05, 3.63) is 16.2 Å². The highest BCUT2D eigenvalue weighted by Gasteiger charge is 2.20. The number of thiazole rings is 1. The van der Waals surface area contributed by atoms with Gasteiger partial charge in [-0.05, 0) is 37.3 Å². The highest BCUT2D eigenvalue weighted by molar-refractivity contribution is 7.92. The van der Waals surface area contributed by atoms with Gasteiger partial charge >= 0.3 is 4.34 Å². The lowest BCUT2D eigenvalue weighted by Crippen LogP contribution is -2.33. The summed E-state index contributed by atoms with van der Waals surface area (Å²) in [5.74, 6) is 0.756. The van der Waals surface area contributed by atoms with Gasteiger partial charge in [0.15, 0.2) is 10.3 Å². The van der Waals surface area contributed by atoms with E-state index in [0.29, 0.717) is 21.2 Å². The fraction of sp³-hybridized carbons (Fsp3) is 0.615. The van der Waals surface area contributed by atoms with Gasteiger partial charge < -0.3 is 4.55 Å². The van der Waals surface area contributed by atoms with Crippen molar-refractivity contribution in [2.45, 2.75) is 30.1 Å². The highest BCUT2D eigenvalue weighted by Crippen LogP contribution is 2.22. The molecule has 2 aromatic rings. The second-order valence-electron chi connectivity index (χ2n) is 5.32. The maximum absolute atomic E-state index is 12.4. The lowest BCUT2D eigenvalue weighted by Gasteiger charge is -2.26. The van der Waals surface area contributed by atoms with E-state index < -0.39 is 11.2 Å². The summed E-state index contributed by atoms with van der Waals surface area (Å²) in [7, 11) is 1.73. The number of hydrogen-bond acceptors (Lipinski definition) is 6. The van der Waals surface area contributed by atoms with Gasteiger partial charge in [0, 0.05) is 18.2 Å². The molecule has 1 atom stereocenters. The largest absolute Gasteiger partial charge is 0.610 e.